The molecule has 1 aromatic rings. The second-order valence-corrected chi connectivity index (χ2v) is 6.79. The van der Waals surface area contributed by atoms with Crippen molar-refractivity contribution >= 4 is 15.9 Å². The van der Waals surface area contributed by atoms with E-state index in [4.69, 9.17) is 4.74 Å². The van der Waals surface area contributed by atoms with Crippen molar-refractivity contribution in [1.29, 1.82) is 0 Å². The minimum absolute atomic E-state index is 0.156. The third-order valence-corrected chi connectivity index (χ3v) is 5.04. The fourth-order valence-corrected chi connectivity index (χ4v) is 3.60. The summed E-state index contributed by atoms with van der Waals surface area (Å²) < 4.78 is 6.84. The van der Waals surface area contributed by atoms with Crippen molar-refractivity contribution < 1.29 is 9.84 Å². The number of aliphatic hydroxyl groups excluding tert-OH is 1. The third-order valence-electron chi connectivity index (χ3n) is 4.51. The standard InChI is InChI=1S/C15H19BrO2/c16-13-1-3-14(4-2-13)18-6-5-15(10-17)8-11-7-12(11)9-15/h1-4,11-12,17H,5-10H2. The van der Waals surface area contributed by atoms with E-state index in [-0.39, 0.29) is 5.41 Å². The monoisotopic (exact) mass is 310 g/mol. The maximum Gasteiger partial charge on any atom is 0.119 e. The van der Waals surface area contributed by atoms with E-state index in [0.717, 1.165) is 28.5 Å². The van der Waals surface area contributed by atoms with Gasteiger partial charge in [-0.2, -0.15) is 0 Å². The molecule has 2 saturated carbocycles. The molecule has 0 aromatic heterocycles. The van der Waals surface area contributed by atoms with Gasteiger partial charge in [0.05, 0.1) is 6.61 Å². The number of halogens is 1. The van der Waals surface area contributed by atoms with Crippen LogP contribution >= 0.6 is 15.9 Å². The number of hydrogen-bond donors (Lipinski definition) is 1. The Morgan fingerprint density at radius 3 is 2.50 bits per heavy atom. The highest BCUT2D eigenvalue weighted by Gasteiger charge is 2.53. The van der Waals surface area contributed by atoms with Crippen LogP contribution in [0.2, 0.25) is 0 Å². The van der Waals surface area contributed by atoms with Crippen LogP contribution in [0.1, 0.15) is 25.7 Å². The van der Waals surface area contributed by atoms with Gasteiger partial charge < -0.3 is 9.84 Å². The first kappa shape index (κ1) is 12.5. The van der Waals surface area contributed by atoms with E-state index in [2.05, 4.69) is 15.9 Å². The molecule has 0 saturated heterocycles. The molecular formula is C15H19BrO2. The van der Waals surface area contributed by atoms with E-state index >= 15 is 0 Å². The van der Waals surface area contributed by atoms with Gasteiger partial charge in [0.2, 0.25) is 0 Å². The highest BCUT2D eigenvalue weighted by Crippen LogP contribution is 2.60. The fourth-order valence-electron chi connectivity index (χ4n) is 3.33. The van der Waals surface area contributed by atoms with Crippen molar-refractivity contribution in [3.05, 3.63) is 28.7 Å². The summed E-state index contributed by atoms with van der Waals surface area (Å²) >= 11 is 3.41. The molecule has 18 heavy (non-hydrogen) atoms. The minimum Gasteiger partial charge on any atom is -0.494 e. The summed E-state index contributed by atoms with van der Waals surface area (Å²) in [5, 5.41) is 9.63. The van der Waals surface area contributed by atoms with Gasteiger partial charge >= 0.3 is 0 Å². The summed E-state index contributed by atoms with van der Waals surface area (Å²) in [6.45, 7) is 1.03. The largest absolute Gasteiger partial charge is 0.494 e. The Labute approximate surface area is 116 Å². The smallest absolute Gasteiger partial charge is 0.119 e. The molecule has 1 N–H and O–H groups in total. The Morgan fingerprint density at radius 2 is 1.89 bits per heavy atom. The zero-order chi connectivity index (χ0) is 12.6. The van der Waals surface area contributed by atoms with Crippen LogP contribution in [0.4, 0.5) is 0 Å². The Hall–Kier alpha value is -0.540. The van der Waals surface area contributed by atoms with Gasteiger partial charge in [-0.15, -0.1) is 0 Å². The van der Waals surface area contributed by atoms with Crippen molar-refractivity contribution in [2.75, 3.05) is 13.2 Å². The molecule has 0 heterocycles. The molecule has 2 fully saturated rings. The molecule has 0 bridgehead atoms. The first-order valence-corrected chi connectivity index (χ1v) is 7.49. The van der Waals surface area contributed by atoms with Crippen LogP contribution in [0, 0.1) is 17.3 Å². The predicted molar refractivity (Wildman–Crippen MR) is 74.6 cm³/mol. The summed E-state index contributed by atoms with van der Waals surface area (Å²) in [6.07, 6.45) is 4.79. The highest BCUT2D eigenvalue weighted by molar-refractivity contribution is 9.10. The predicted octanol–water partition coefficient (Wildman–Crippen LogP) is 3.63. The van der Waals surface area contributed by atoms with Crippen LogP contribution in [0.5, 0.6) is 5.75 Å². The molecule has 2 aliphatic rings. The molecule has 2 unspecified atom stereocenters. The van der Waals surface area contributed by atoms with Gasteiger partial charge in [0.1, 0.15) is 5.75 Å². The zero-order valence-electron chi connectivity index (χ0n) is 10.4. The Balaban J connectivity index is 1.50. The molecule has 0 spiro atoms. The average Bonchev–Trinajstić information content (AvgIpc) is 3.00. The molecular weight excluding hydrogens is 292 g/mol. The molecule has 3 rings (SSSR count). The molecule has 0 radical (unpaired) electrons. The lowest BCUT2D eigenvalue weighted by molar-refractivity contribution is 0.0891. The normalized spacial score (nSPS) is 33.2. The van der Waals surface area contributed by atoms with E-state index in [9.17, 15) is 5.11 Å². The number of fused-ring (bicyclic) bond motifs is 1. The molecule has 2 aliphatic carbocycles. The lowest BCUT2D eigenvalue weighted by Gasteiger charge is -2.28. The Morgan fingerprint density at radius 1 is 1.22 bits per heavy atom. The number of ether oxygens (including phenoxy) is 1. The van der Waals surface area contributed by atoms with Crippen LogP contribution in [-0.4, -0.2) is 18.3 Å². The fraction of sp³-hybridized carbons (Fsp3) is 0.600. The molecule has 3 heteroatoms. The molecule has 98 valence electrons. The van der Waals surface area contributed by atoms with Crippen molar-refractivity contribution in [2.45, 2.75) is 25.7 Å². The molecule has 2 atom stereocenters. The lowest BCUT2D eigenvalue weighted by atomic mass is 9.81. The SMILES string of the molecule is OCC1(CCOc2ccc(Br)cc2)CC2CC2C1. The van der Waals surface area contributed by atoms with Gasteiger partial charge in [0.25, 0.3) is 0 Å². The first-order valence-electron chi connectivity index (χ1n) is 6.70. The second-order valence-electron chi connectivity index (χ2n) is 5.87. The van der Waals surface area contributed by atoms with E-state index in [1.807, 2.05) is 24.3 Å². The van der Waals surface area contributed by atoms with Crippen LogP contribution < -0.4 is 4.74 Å². The van der Waals surface area contributed by atoms with Crippen molar-refractivity contribution in [3.8, 4) is 5.75 Å². The average molecular weight is 311 g/mol. The second kappa shape index (κ2) is 4.86. The van der Waals surface area contributed by atoms with Gasteiger partial charge in [0.15, 0.2) is 0 Å². The van der Waals surface area contributed by atoms with Gasteiger partial charge in [-0.05, 0) is 67.2 Å². The lowest BCUT2D eigenvalue weighted by Crippen LogP contribution is -2.26. The first-order chi connectivity index (χ1) is 8.71. The topological polar surface area (TPSA) is 29.5 Å². The van der Waals surface area contributed by atoms with E-state index in [1.165, 1.54) is 19.3 Å². The highest BCUT2D eigenvalue weighted by atomic mass is 79.9. The van der Waals surface area contributed by atoms with E-state index in [1.54, 1.807) is 0 Å². The summed E-state index contributed by atoms with van der Waals surface area (Å²) in [4.78, 5) is 0. The van der Waals surface area contributed by atoms with E-state index in [0.29, 0.717) is 13.2 Å². The van der Waals surface area contributed by atoms with Crippen LogP contribution in [0.15, 0.2) is 28.7 Å². The van der Waals surface area contributed by atoms with Gasteiger partial charge in [0, 0.05) is 11.1 Å². The van der Waals surface area contributed by atoms with Gasteiger partial charge in [-0.1, -0.05) is 15.9 Å². The van der Waals surface area contributed by atoms with Crippen LogP contribution in [0.3, 0.4) is 0 Å². The van der Waals surface area contributed by atoms with Crippen LogP contribution in [-0.2, 0) is 0 Å². The number of aliphatic hydroxyl groups is 1. The van der Waals surface area contributed by atoms with Gasteiger partial charge in [-0.25, -0.2) is 0 Å². The third kappa shape index (κ3) is 2.57. The van der Waals surface area contributed by atoms with E-state index < -0.39 is 0 Å². The molecule has 1 aromatic carbocycles. The summed E-state index contributed by atoms with van der Waals surface area (Å²) in [7, 11) is 0. The Bertz CT molecular complexity index is 405. The van der Waals surface area contributed by atoms with Gasteiger partial charge in [-0.3, -0.25) is 0 Å². The van der Waals surface area contributed by atoms with Crippen molar-refractivity contribution in [3.63, 3.8) is 0 Å². The summed E-state index contributed by atoms with van der Waals surface area (Å²) in [5.74, 6) is 2.73. The quantitative estimate of drug-likeness (QED) is 0.900. The molecule has 0 aliphatic heterocycles. The maximum absolute atomic E-state index is 9.63. The number of benzene rings is 1. The number of rotatable bonds is 5. The maximum atomic E-state index is 9.63. The zero-order valence-corrected chi connectivity index (χ0v) is 12.0. The van der Waals surface area contributed by atoms with Crippen molar-refractivity contribution in [1.82, 2.24) is 0 Å². The van der Waals surface area contributed by atoms with Crippen molar-refractivity contribution in [2.24, 2.45) is 17.3 Å². The molecule has 2 nitrogen and oxygen atoms in total. The summed E-state index contributed by atoms with van der Waals surface area (Å²) in [6, 6.07) is 7.92. The molecule has 0 amide bonds. The summed E-state index contributed by atoms with van der Waals surface area (Å²) in [5.41, 5.74) is 0.156. The van der Waals surface area contributed by atoms with Crippen LogP contribution in [0.25, 0.3) is 0 Å². The number of hydrogen-bond acceptors (Lipinski definition) is 2. The minimum atomic E-state index is 0.156. The Kier molecular flexibility index (Phi) is 3.37.